The van der Waals surface area contributed by atoms with E-state index in [2.05, 4.69) is 26.1 Å². The summed E-state index contributed by atoms with van der Waals surface area (Å²) >= 11 is 0. The summed E-state index contributed by atoms with van der Waals surface area (Å²) in [6, 6.07) is 5.50. The molecule has 106 valence electrons. The lowest BCUT2D eigenvalue weighted by molar-refractivity contribution is 0.100. The van der Waals surface area contributed by atoms with Crippen molar-refractivity contribution in [3.8, 4) is 5.75 Å². The minimum atomic E-state index is -0.430. The topological polar surface area (TPSA) is 64.3 Å². The van der Waals surface area contributed by atoms with Crippen LogP contribution in [0.15, 0.2) is 18.2 Å². The fraction of sp³-hybridized carbons (Fsp3) is 0.533. The number of ether oxygens (including phenoxy) is 1. The summed E-state index contributed by atoms with van der Waals surface area (Å²) in [4.78, 5) is 11.2. The van der Waals surface area contributed by atoms with Gasteiger partial charge < -0.3 is 15.8 Å². The molecule has 0 radical (unpaired) electrons. The summed E-state index contributed by atoms with van der Waals surface area (Å²) < 4.78 is 5.29. The fourth-order valence-electron chi connectivity index (χ4n) is 1.90. The van der Waals surface area contributed by atoms with Gasteiger partial charge in [-0.15, -0.1) is 0 Å². The molecule has 0 heterocycles. The van der Waals surface area contributed by atoms with Crippen LogP contribution in [0.4, 0.5) is 5.69 Å². The third kappa shape index (κ3) is 4.81. The Hall–Kier alpha value is -1.71. The first kappa shape index (κ1) is 15.3. The Bertz CT molecular complexity index is 430. The molecule has 0 aliphatic rings. The van der Waals surface area contributed by atoms with Gasteiger partial charge in [-0.05, 0) is 43.9 Å². The molecule has 1 unspecified atom stereocenters. The maximum Gasteiger partial charge on any atom is 0.248 e. The lowest BCUT2D eigenvalue weighted by atomic mass is 10.0. The SMILES string of the molecule is COc1ccc(C(N)=O)cc1NC(C)CCC(C)C. The molecule has 1 aromatic rings. The Labute approximate surface area is 115 Å². The Kier molecular flexibility index (Phi) is 5.67. The molecule has 0 aliphatic carbocycles. The van der Waals surface area contributed by atoms with Crippen molar-refractivity contribution < 1.29 is 9.53 Å². The summed E-state index contributed by atoms with van der Waals surface area (Å²) in [7, 11) is 1.61. The molecule has 0 fully saturated rings. The number of nitrogens with two attached hydrogens (primary N) is 1. The standard InChI is InChI=1S/C15H24N2O2/c1-10(2)5-6-11(3)17-13-9-12(15(16)18)7-8-14(13)19-4/h7-11,17H,5-6H2,1-4H3,(H2,16,18). The van der Waals surface area contributed by atoms with E-state index in [4.69, 9.17) is 10.5 Å². The number of nitrogens with one attached hydrogen (secondary N) is 1. The van der Waals surface area contributed by atoms with Crippen molar-refractivity contribution >= 4 is 11.6 Å². The van der Waals surface area contributed by atoms with Crippen LogP contribution in [0.5, 0.6) is 5.75 Å². The average Bonchev–Trinajstić information content (AvgIpc) is 2.36. The van der Waals surface area contributed by atoms with Crippen molar-refractivity contribution in [2.75, 3.05) is 12.4 Å². The van der Waals surface area contributed by atoms with E-state index in [0.717, 1.165) is 24.3 Å². The highest BCUT2D eigenvalue weighted by Crippen LogP contribution is 2.26. The summed E-state index contributed by atoms with van der Waals surface area (Å²) in [6.07, 6.45) is 2.23. The third-order valence-corrected chi connectivity index (χ3v) is 3.06. The van der Waals surface area contributed by atoms with Gasteiger partial charge in [0.15, 0.2) is 0 Å². The Morgan fingerprint density at radius 3 is 2.53 bits per heavy atom. The molecule has 0 bridgehead atoms. The summed E-state index contributed by atoms with van der Waals surface area (Å²) in [5.74, 6) is 0.977. The van der Waals surface area contributed by atoms with Gasteiger partial charge in [0.05, 0.1) is 12.8 Å². The van der Waals surface area contributed by atoms with Crippen LogP contribution >= 0.6 is 0 Å². The van der Waals surface area contributed by atoms with Gasteiger partial charge in [0.1, 0.15) is 5.75 Å². The van der Waals surface area contributed by atoms with Crippen molar-refractivity contribution in [2.24, 2.45) is 11.7 Å². The summed E-state index contributed by atoms with van der Waals surface area (Å²) in [6.45, 7) is 6.54. The average molecular weight is 264 g/mol. The molecule has 0 spiro atoms. The van der Waals surface area contributed by atoms with E-state index in [-0.39, 0.29) is 0 Å². The Morgan fingerprint density at radius 2 is 2.00 bits per heavy atom. The second kappa shape index (κ2) is 7.02. The molecule has 1 rings (SSSR count). The maximum absolute atomic E-state index is 11.2. The van der Waals surface area contributed by atoms with E-state index in [0.29, 0.717) is 17.5 Å². The first-order valence-corrected chi connectivity index (χ1v) is 6.68. The quantitative estimate of drug-likeness (QED) is 0.795. The molecule has 0 aromatic heterocycles. The van der Waals surface area contributed by atoms with Crippen molar-refractivity contribution in [1.82, 2.24) is 0 Å². The number of carbonyl (C=O) groups excluding carboxylic acids is 1. The van der Waals surface area contributed by atoms with Gasteiger partial charge in [0.25, 0.3) is 0 Å². The minimum Gasteiger partial charge on any atom is -0.495 e. The molecule has 4 heteroatoms. The van der Waals surface area contributed by atoms with Gasteiger partial charge in [0, 0.05) is 11.6 Å². The Balaban J connectivity index is 2.79. The molecule has 0 aliphatic heterocycles. The third-order valence-electron chi connectivity index (χ3n) is 3.06. The zero-order chi connectivity index (χ0) is 14.4. The van der Waals surface area contributed by atoms with Gasteiger partial charge in [-0.3, -0.25) is 4.79 Å². The molecule has 1 aromatic carbocycles. The highest BCUT2D eigenvalue weighted by Gasteiger charge is 2.10. The van der Waals surface area contributed by atoms with Crippen LogP contribution < -0.4 is 15.8 Å². The largest absolute Gasteiger partial charge is 0.495 e. The number of primary amides is 1. The van der Waals surface area contributed by atoms with Gasteiger partial charge >= 0.3 is 0 Å². The molecular weight excluding hydrogens is 240 g/mol. The van der Waals surface area contributed by atoms with Crippen molar-refractivity contribution in [3.63, 3.8) is 0 Å². The van der Waals surface area contributed by atoms with Crippen LogP contribution in [-0.2, 0) is 0 Å². The van der Waals surface area contributed by atoms with Gasteiger partial charge in [-0.25, -0.2) is 0 Å². The van der Waals surface area contributed by atoms with E-state index in [1.54, 1.807) is 25.3 Å². The Morgan fingerprint density at radius 1 is 1.32 bits per heavy atom. The molecule has 0 saturated carbocycles. The van der Waals surface area contributed by atoms with Gasteiger partial charge in [0.2, 0.25) is 5.91 Å². The van der Waals surface area contributed by atoms with E-state index in [1.165, 1.54) is 0 Å². The number of anilines is 1. The van der Waals surface area contributed by atoms with E-state index >= 15 is 0 Å². The second-order valence-corrected chi connectivity index (χ2v) is 5.30. The van der Waals surface area contributed by atoms with E-state index < -0.39 is 5.91 Å². The molecule has 3 N–H and O–H groups in total. The zero-order valence-corrected chi connectivity index (χ0v) is 12.2. The number of rotatable bonds is 7. The fourth-order valence-corrected chi connectivity index (χ4v) is 1.90. The van der Waals surface area contributed by atoms with Crippen molar-refractivity contribution in [2.45, 2.75) is 39.7 Å². The number of methoxy groups -OCH3 is 1. The van der Waals surface area contributed by atoms with Crippen molar-refractivity contribution in [3.05, 3.63) is 23.8 Å². The number of carbonyl (C=O) groups is 1. The molecule has 4 nitrogen and oxygen atoms in total. The highest BCUT2D eigenvalue weighted by atomic mass is 16.5. The monoisotopic (exact) mass is 264 g/mol. The van der Waals surface area contributed by atoms with Crippen LogP contribution in [0, 0.1) is 5.92 Å². The number of benzene rings is 1. The van der Waals surface area contributed by atoms with Gasteiger partial charge in [-0.2, -0.15) is 0 Å². The number of amides is 1. The normalized spacial score (nSPS) is 12.3. The molecular formula is C15H24N2O2. The van der Waals surface area contributed by atoms with Crippen LogP contribution in [-0.4, -0.2) is 19.1 Å². The summed E-state index contributed by atoms with van der Waals surface area (Å²) in [5.41, 5.74) is 6.60. The second-order valence-electron chi connectivity index (χ2n) is 5.30. The first-order chi connectivity index (χ1) is 8.93. The molecule has 0 saturated heterocycles. The maximum atomic E-state index is 11.2. The number of hydrogen-bond donors (Lipinski definition) is 2. The smallest absolute Gasteiger partial charge is 0.248 e. The lowest BCUT2D eigenvalue weighted by Crippen LogP contribution is -2.17. The van der Waals surface area contributed by atoms with Crippen molar-refractivity contribution in [1.29, 1.82) is 0 Å². The van der Waals surface area contributed by atoms with Crippen LogP contribution in [0.2, 0.25) is 0 Å². The number of hydrogen-bond acceptors (Lipinski definition) is 3. The molecule has 1 amide bonds. The van der Waals surface area contributed by atoms with E-state index in [1.807, 2.05) is 0 Å². The first-order valence-electron chi connectivity index (χ1n) is 6.68. The van der Waals surface area contributed by atoms with E-state index in [9.17, 15) is 4.79 Å². The summed E-state index contributed by atoms with van der Waals surface area (Å²) in [5, 5.41) is 3.38. The van der Waals surface area contributed by atoms with Crippen LogP contribution in [0.3, 0.4) is 0 Å². The predicted octanol–water partition coefficient (Wildman–Crippen LogP) is 3.03. The van der Waals surface area contributed by atoms with Crippen LogP contribution in [0.25, 0.3) is 0 Å². The minimum absolute atomic E-state index is 0.319. The highest BCUT2D eigenvalue weighted by molar-refractivity contribution is 5.94. The predicted molar refractivity (Wildman–Crippen MR) is 78.7 cm³/mol. The zero-order valence-electron chi connectivity index (χ0n) is 12.2. The van der Waals surface area contributed by atoms with Gasteiger partial charge in [-0.1, -0.05) is 13.8 Å². The molecule has 1 atom stereocenters. The molecule has 19 heavy (non-hydrogen) atoms. The van der Waals surface area contributed by atoms with Crippen LogP contribution in [0.1, 0.15) is 44.0 Å². The lowest BCUT2D eigenvalue weighted by Gasteiger charge is -2.19.